The van der Waals surface area contributed by atoms with Crippen LogP contribution in [-0.4, -0.2) is 17.0 Å². The van der Waals surface area contributed by atoms with E-state index >= 15 is 0 Å². The SMILES string of the molecule is c1ccc2c(OCc3ccc(-c4nnc(-c5ccc6c(c5)OCO6)o4)o3)cccc2c1. The molecule has 0 radical (unpaired) electrons. The van der Waals surface area contributed by atoms with Crippen LogP contribution in [0.3, 0.4) is 0 Å². The number of benzene rings is 3. The summed E-state index contributed by atoms with van der Waals surface area (Å²) in [6.07, 6.45) is 0. The lowest BCUT2D eigenvalue weighted by molar-refractivity contribution is 0.174. The fourth-order valence-corrected chi connectivity index (χ4v) is 3.51. The zero-order valence-electron chi connectivity index (χ0n) is 16.3. The molecule has 1 aliphatic rings. The highest BCUT2D eigenvalue weighted by Gasteiger charge is 2.18. The van der Waals surface area contributed by atoms with E-state index in [1.165, 1.54) is 0 Å². The Labute approximate surface area is 176 Å². The average molecular weight is 412 g/mol. The molecule has 1 aliphatic heterocycles. The predicted molar refractivity (Wildman–Crippen MR) is 112 cm³/mol. The molecule has 0 amide bonds. The number of ether oxygens (including phenoxy) is 3. The van der Waals surface area contributed by atoms with Crippen LogP contribution in [0.5, 0.6) is 17.2 Å². The summed E-state index contributed by atoms with van der Waals surface area (Å²) in [5, 5.41) is 10.4. The summed E-state index contributed by atoms with van der Waals surface area (Å²) in [4.78, 5) is 0. The number of hydrogen-bond acceptors (Lipinski definition) is 7. The van der Waals surface area contributed by atoms with Gasteiger partial charge in [-0.05, 0) is 41.8 Å². The lowest BCUT2D eigenvalue weighted by Gasteiger charge is -2.07. The molecule has 7 nitrogen and oxygen atoms in total. The summed E-state index contributed by atoms with van der Waals surface area (Å²) in [7, 11) is 0. The van der Waals surface area contributed by atoms with Crippen LogP contribution in [0, 0.1) is 0 Å². The molecule has 3 aromatic carbocycles. The second-order valence-electron chi connectivity index (χ2n) is 7.01. The molecule has 2 aromatic heterocycles. The Kier molecular flexibility index (Phi) is 4.09. The Bertz CT molecular complexity index is 1380. The number of hydrogen-bond donors (Lipinski definition) is 0. The lowest BCUT2D eigenvalue weighted by atomic mass is 10.1. The first kappa shape index (κ1) is 17.6. The number of fused-ring (bicyclic) bond motifs is 2. The molecule has 0 saturated carbocycles. The van der Waals surface area contributed by atoms with Crippen LogP contribution < -0.4 is 14.2 Å². The van der Waals surface area contributed by atoms with E-state index in [-0.39, 0.29) is 13.4 Å². The van der Waals surface area contributed by atoms with Crippen molar-refractivity contribution in [3.63, 3.8) is 0 Å². The fraction of sp³-hybridized carbons (Fsp3) is 0.0833. The van der Waals surface area contributed by atoms with Gasteiger partial charge in [-0.2, -0.15) is 0 Å². The molecule has 0 saturated heterocycles. The molecular weight excluding hydrogens is 396 g/mol. The summed E-state index contributed by atoms with van der Waals surface area (Å²) in [6.45, 7) is 0.501. The van der Waals surface area contributed by atoms with Gasteiger partial charge in [-0.1, -0.05) is 36.4 Å². The smallest absolute Gasteiger partial charge is 0.283 e. The molecule has 3 heterocycles. The summed E-state index contributed by atoms with van der Waals surface area (Å²) in [5.74, 6) is 3.97. The Hall–Kier alpha value is -4.26. The van der Waals surface area contributed by atoms with Crippen LogP contribution in [-0.2, 0) is 6.61 Å². The molecule has 6 rings (SSSR count). The molecule has 0 aliphatic carbocycles. The highest BCUT2D eigenvalue weighted by atomic mass is 16.7. The quantitative estimate of drug-likeness (QED) is 0.379. The first-order valence-corrected chi connectivity index (χ1v) is 9.77. The molecule has 5 aromatic rings. The maximum Gasteiger partial charge on any atom is 0.283 e. The van der Waals surface area contributed by atoms with Gasteiger partial charge in [0.15, 0.2) is 17.3 Å². The third-order valence-electron chi connectivity index (χ3n) is 5.04. The van der Waals surface area contributed by atoms with Crippen molar-refractivity contribution < 1.29 is 23.0 Å². The highest BCUT2D eigenvalue weighted by Crippen LogP contribution is 2.36. The molecule has 31 heavy (non-hydrogen) atoms. The second-order valence-corrected chi connectivity index (χ2v) is 7.01. The van der Waals surface area contributed by atoms with E-state index < -0.39 is 0 Å². The number of furan rings is 1. The average Bonchev–Trinajstić information content (AvgIpc) is 3.57. The van der Waals surface area contributed by atoms with Gasteiger partial charge in [0.25, 0.3) is 5.89 Å². The van der Waals surface area contributed by atoms with Crippen LogP contribution in [0.25, 0.3) is 33.9 Å². The molecule has 152 valence electrons. The zero-order chi connectivity index (χ0) is 20.6. The Balaban J connectivity index is 1.20. The van der Waals surface area contributed by atoms with Crippen molar-refractivity contribution in [3.05, 3.63) is 78.6 Å². The molecule has 0 atom stereocenters. The van der Waals surface area contributed by atoms with E-state index in [0.29, 0.717) is 34.8 Å². The summed E-state index contributed by atoms with van der Waals surface area (Å²) in [5.41, 5.74) is 0.745. The molecule has 0 spiro atoms. The third-order valence-corrected chi connectivity index (χ3v) is 5.04. The van der Waals surface area contributed by atoms with Crippen molar-refractivity contribution in [1.29, 1.82) is 0 Å². The molecule has 0 fully saturated rings. The first-order chi connectivity index (χ1) is 15.3. The topological polar surface area (TPSA) is 79.8 Å². The number of nitrogens with zero attached hydrogens (tertiary/aromatic N) is 2. The Morgan fingerprint density at radius 1 is 0.774 bits per heavy atom. The van der Waals surface area contributed by atoms with Gasteiger partial charge in [0.1, 0.15) is 18.1 Å². The molecule has 0 N–H and O–H groups in total. The van der Waals surface area contributed by atoms with Crippen LogP contribution in [0.4, 0.5) is 0 Å². The van der Waals surface area contributed by atoms with E-state index in [0.717, 1.165) is 22.1 Å². The minimum Gasteiger partial charge on any atom is -0.485 e. The normalized spacial score (nSPS) is 12.4. The van der Waals surface area contributed by atoms with Gasteiger partial charge >= 0.3 is 0 Å². The van der Waals surface area contributed by atoms with Crippen molar-refractivity contribution in [2.45, 2.75) is 6.61 Å². The number of rotatable bonds is 5. The predicted octanol–water partition coefficient (Wildman–Crippen LogP) is 5.46. The van der Waals surface area contributed by atoms with Crippen molar-refractivity contribution in [2.75, 3.05) is 6.79 Å². The van der Waals surface area contributed by atoms with Crippen LogP contribution >= 0.6 is 0 Å². The fourth-order valence-electron chi connectivity index (χ4n) is 3.51. The van der Waals surface area contributed by atoms with Crippen molar-refractivity contribution in [1.82, 2.24) is 10.2 Å². The van der Waals surface area contributed by atoms with Crippen molar-refractivity contribution >= 4 is 10.8 Å². The van der Waals surface area contributed by atoms with Gasteiger partial charge in [-0.25, -0.2) is 0 Å². The molecular formula is C24H16N2O5. The third kappa shape index (κ3) is 3.26. The zero-order valence-corrected chi connectivity index (χ0v) is 16.3. The van der Waals surface area contributed by atoms with Gasteiger partial charge in [0, 0.05) is 10.9 Å². The Morgan fingerprint density at radius 3 is 2.65 bits per heavy atom. The van der Waals surface area contributed by atoms with Gasteiger partial charge < -0.3 is 23.0 Å². The summed E-state index contributed by atoms with van der Waals surface area (Å²) >= 11 is 0. The minimum absolute atomic E-state index is 0.212. The first-order valence-electron chi connectivity index (χ1n) is 9.77. The van der Waals surface area contributed by atoms with E-state index in [1.54, 1.807) is 6.07 Å². The molecule has 0 bridgehead atoms. The van der Waals surface area contributed by atoms with E-state index in [1.807, 2.05) is 54.6 Å². The van der Waals surface area contributed by atoms with E-state index in [2.05, 4.69) is 22.3 Å². The maximum absolute atomic E-state index is 5.99. The Morgan fingerprint density at radius 2 is 1.65 bits per heavy atom. The van der Waals surface area contributed by atoms with Crippen LogP contribution in [0.15, 0.2) is 81.6 Å². The van der Waals surface area contributed by atoms with Crippen LogP contribution in [0.2, 0.25) is 0 Å². The van der Waals surface area contributed by atoms with E-state index in [4.69, 9.17) is 23.0 Å². The molecule has 0 unspecified atom stereocenters. The lowest BCUT2D eigenvalue weighted by Crippen LogP contribution is -1.94. The molecule has 7 heteroatoms. The van der Waals surface area contributed by atoms with Gasteiger partial charge in [0.05, 0.1) is 0 Å². The van der Waals surface area contributed by atoms with Gasteiger partial charge in [-0.15, -0.1) is 10.2 Å². The second kappa shape index (κ2) is 7.21. The summed E-state index contributed by atoms with van der Waals surface area (Å²) < 4.78 is 28.4. The van der Waals surface area contributed by atoms with Gasteiger partial charge in [-0.3, -0.25) is 0 Å². The highest BCUT2D eigenvalue weighted by molar-refractivity contribution is 5.88. The largest absolute Gasteiger partial charge is 0.485 e. The van der Waals surface area contributed by atoms with E-state index in [9.17, 15) is 0 Å². The van der Waals surface area contributed by atoms with Crippen molar-refractivity contribution in [2.24, 2.45) is 0 Å². The van der Waals surface area contributed by atoms with Gasteiger partial charge in [0.2, 0.25) is 12.7 Å². The minimum atomic E-state index is 0.212. The number of aromatic nitrogens is 2. The maximum atomic E-state index is 5.99. The van der Waals surface area contributed by atoms with Crippen molar-refractivity contribution in [3.8, 4) is 40.4 Å². The van der Waals surface area contributed by atoms with Crippen LogP contribution in [0.1, 0.15) is 5.76 Å². The summed E-state index contributed by atoms with van der Waals surface area (Å²) in [6, 6.07) is 23.2. The monoisotopic (exact) mass is 412 g/mol. The standard InChI is InChI=1S/C24H16N2O5/c1-2-6-18-15(4-1)5-3-7-19(18)27-13-17-9-11-21(30-17)24-26-25-23(31-24)16-8-10-20-22(12-16)29-14-28-20/h1-12H,13-14H2.